The highest BCUT2D eigenvalue weighted by Crippen LogP contribution is 2.42. The van der Waals surface area contributed by atoms with Crippen molar-refractivity contribution in [3.8, 4) is 0 Å². The molecule has 0 aliphatic carbocycles. The lowest BCUT2D eigenvalue weighted by Crippen LogP contribution is -2.42. The minimum atomic E-state index is -6.20. The normalized spacial score (nSPS) is 14.8. The lowest BCUT2D eigenvalue weighted by atomic mass is 10.1. The Bertz CT molecular complexity index is 281. The van der Waals surface area contributed by atoms with Crippen LogP contribution in [0.5, 0.6) is 0 Å². The van der Waals surface area contributed by atoms with Crippen molar-refractivity contribution < 1.29 is 48.7 Å². The third-order valence-corrected chi connectivity index (χ3v) is 1.67. The summed E-state index contributed by atoms with van der Waals surface area (Å²) < 4.78 is 118. The fourth-order valence-electron chi connectivity index (χ4n) is 0.758. The van der Waals surface area contributed by atoms with Gasteiger partial charge in [-0.05, 0) is 0 Å². The molecule has 0 aromatic heterocycles. The van der Waals surface area contributed by atoms with E-state index in [1.165, 1.54) is 0 Å². The van der Waals surface area contributed by atoms with Gasteiger partial charge in [0.05, 0.1) is 12.8 Å². The molecule has 11 heteroatoms. The molecule has 1 nitrogen and oxygen atoms in total. The Kier molecular flexibility index (Phi) is 4.31. The van der Waals surface area contributed by atoms with Crippen LogP contribution in [0.3, 0.4) is 0 Å². The van der Waals surface area contributed by atoms with E-state index in [1.807, 2.05) is 0 Å². The van der Waals surface area contributed by atoms with Gasteiger partial charge in [-0.2, -0.15) is 43.9 Å². The maximum absolute atomic E-state index is 12.2. The molecule has 0 N–H and O–H groups in total. The van der Waals surface area contributed by atoms with E-state index in [0.717, 1.165) is 0 Å². The summed E-state index contributed by atoms with van der Waals surface area (Å²) in [5.74, 6) is -13.8. The number of carbonyl (C=O) groups excluding carboxylic acids is 1. The molecule has 108 valence electrons. The van der Waals surface area contributed by atoms with Gasteiger partial charge in [-0.1, -0.05) is 0 Å². The van der Waals surface area contributed by atoms with E-state index >= 15 is 0 Å². The van der Waals surface area contributed by atoms with E-state index in [-0.39, 0.29) is 0 Å². The van der Waals surface area contributed by atoms with E-state index in [9.17, 15) is 48.7 Å². The van der Waals surface area contributed by atoms with Gasteiger partial charge in [0.2, 0.25) is 0 Å². The average molecular weight is 294 g/mol. The van der Waals surface area contributed by atoms with Crippen LogP contribution in [-0.4, -0.2) is 30.0 Å². The van der Waals surface area contributed by atoms with Gasteiger partial charge < -0.3 is 0 Å². The number of rotatable bonds is 4. The zero-order chi connectivity index (χ0) is 15.0. The molecule has 18 heavy (non-hydrogen) atoms. The summed E-state index contributed by atoms with van der Waals surface area (Å²) in [5, 5.41) is 0. The van der Waals surface area contributed by atoms with Crippen molar-refractivity contribution in [3.63, 3.8) is 0 Å². The highest BCUT2D eigenvalue weighted by molar-refractivity contribution is 5.80. The number of hydrogen-bond donors (Lipinski definition) is 0. The van der Waals surface area contributed by atoms with Gasteiger partial charge in [-0.3, -0.25) is 4.79 Å². The quantitative estimate of drug-likeness (QED) is 0.722. The first kappa shape index (κ1) is 17.0. The number of ketones is 1. The predicted molar refractivity (Wildman–Crippen MR) is 36.2 cm³/mol. The van der Waals surface area contributed by atoms with Crippen molar-refractivity contribution in [1.82, 2.24) is 0 Å². The van der Waals surface area contributed by atoms with Crippen molar-refractivity contribution in [2.75, 3.05) is 0 Å². The average Bonchev–Trinajstić information content (AvgIpc) is 1.95. The molecule has 0 rings (SSSR count). The molecular weight excluding hydrogens is 290 g/mol. The van der Waals surface area contributed by atoms with Crippen molar-refractivity contribution in [3.05, 3.63) is 0 Å². The van der Waals surface area contributed by atoms with Crippen LogP contribution in [0.25, 0.3) is 0 Å². The molecule has 0 amide bonds. The number of Topliss-reactive ketones (excluding diaryl/α,β-unsaturated/α-hetero) is 1. The summed E-state index contributed by atoms with van der Waals surface area (Å²) in [6.45, 7) is 0. The topological polar surface area (TPSA) is 17.1 Å². The Hall–Kier alpha value is -1.03. The molecule has 0 saturated carbocycles. The number of alkyl halides is 10. The zero-order valence-corrected chi connectivity index (χ0v) is 8.10. The molecule has 0 saturated heterocycles. The van der Waals surface area contributed by atoms with Crippen molar-refractivity contribution in [2.45, 2.75) is 37.0 Å². The third-order valence-electron chi connectivity index (χ3n) is 1.67. The van der Waals surface area contributed by atoms with Gasteiger partial charge in [0.25, 0.3) is 0 Å². The largest absolute Gasteiger partial charge is 0.453 e. The Morgan fingerprint density at radius 3 is 1.00 bits per heavy atom. The summed E-state index contributed by atoms with van der Waals surface area (Å²) in [4.78, 5) is 10.4. The maximum atomic E-state index is 12.2. The molecule has 0 fully saturated rings. The van der Waals surface area contributed by atoms with Crippen LogP contribution in [0, 0.1) is 0 Å². The Labute approximate surface area is 92.7 Å². The first-order valence-electron chi connectivity index (χ1n) is 4.01. The number of hydrogen-bond acceptors (Lipinski definition) is 1. The molecule has 0 radical (unpaired) electrons. The van der Waals surface area contributed by atoms with Crippen LogP contribution in [-0.2, 0) is 4.79 Å². The molecule has 0 aliphatic heterocycles. The Balaban J connectivity index is 4.75. The van der Waals surface area contributed by atoms with Crippen LogP contribution < -0.4 is 0 Å². The molecule has 0 aliphatic rings. The van der Waals surface area contributed by atoms with E-state index < -0.39 is 42.8 Å². The molecule has 0 aromatic rings. The van der Waals surface area contributed by atoms with Crippen molar-refractivity contribution in [1.29, 1.82) is 0 Å². The third kappa shape index (κ3) is 4.02. The van der Waals surface area contributed by atoms with Gasteiger partial charge in [0.1, 0.15) is 5.78 Å². The van der Waals surface area contributed by atoms with Crippen molar-refractivity contribution >= 4 is 5.78 Å². The Morgan fingerprint density at radius 2 is 0.833 bits per heavy atom. The van der Waals surface area contributed by atoms with E-state index in [4.69, 9.17) is 0 Å². The fraction of sp³-hybridized carbons (Fsp3) is 0.857. The van der Waals surface area contributed by atoms with E-state index in [2.05, 4.69) is 0 Å². The lowest BCUT2D eigenvalue weighted by molar-refractivity contribution is -0.289. The molecule has 0 bridgehead atoms. The Morgan fingerprint density at radius 1 is 0.611 bits per heavy atom. The second-order valence-electron chi connectivity index (χ2n) is 3.30. The minimum absolute atomic E-state index is 2.54. The highest BCUT2D eigenvalue weighted by atomic mass is 19.4. The van der Waals surface area contributed by atoms with Crippen LogP contribution >= 0.6 is 0 Å². The second kappa shape index (κ2) is 4.57. The lowest BCUT2D eigenvalue weighted by Gasteiger charge is -2.21. The summed E-state index contributed by atoms with van der Waals surface area (Å²) in [6, 6.07) is 0. The SMILES string of the molecule is O=C(CC(F)(F)C(F)(F)F)CC(F)(F)C(F)(F)F. The molecule has 0 atom stereocenters. The molecule has 0 aromatic carbocycles. The predicted octanol–water partition coefficient (Wildman–Crippen LogP) is 3.73. The first-order chi connectivity index (χ1) is 7.60. The summed E-state index contributed by atoms with van der Waals surface area (Å²) >= 11 is 0. The van der Waals surface area contributed by atoms with Crippen molar-refractivity contribution in [2.24, 2.45) is 0 Å². The standard InChI is InChI=1S/C7H4F10O/c8-4(9,6(12,13)14)1-3(18)2-5(10,11)7(15,16)17/h1-2H2. The highest BCUT2D eigenvalue weighted by Gasteiger charge is 2.62. The molecule has 0 unspecified atom stereocenters. The van der Waals surface area contributed by atoms with Gasteiger partial charge in [-0.15, -0.1) is 0 Å². The van der Waals surface area contributed by atoms with Crippen LogP contribution in [0.15, 0.2) is 0 Å². The zero-order valence-electron chi connectivity index (χ0n) is 8.10. The maximum Gasteiger partial charge on any atom is 0.453 e. The number of carbonyl (C=O) groups is 1. The minimum Gasteiger partial charge on any atom is -0.299 e. The van der Waals surface area contributed by atoms with Gasteiger partial charge >= 0.3 is 24.2 Å². The molecular formula is C7H4F10O. The summed E-state index contributed by atoms with van der Waals surface area (Å²) in [7, 11) is 0. The first-order valence-corrected chi connectivity index (χ1v) is 4.01. The smallest absolute Gasteiger partial charge is 0.299 e. The van der Waals surface area contributed by atoms with Gasteiger partial charge in [0, 0.05) is 0 Å². The van der Waals surface area contributed by atoms with Crippen LogP contribution in [0.4, 0.5) is 43.9 Å². The molecule has 0 heterocycles. The monoisotopic (exact) mass is 294 g/mol. The van der Waals surface area contributed by atoms with Gasteiger partial charge in [-0.25, -0.2) is 0 Å². The molecule has 0 spiro atoms. The van der Waals surface area contributed by atoms with Crippen LogP contribution in [0.2, 0.25) is 0 Å². The second-order valence-corrected chi connectivity index (χ2v) is 3.30. The van der Waals surface area contributed by atoms with E-state index in [1.54, 1.807) is 0 Å². The summed E-state index contributed by atoms with van der Waals surface area (Å²) in [6.07, 6.45) is -17.9. The van der Waals surface area contributed by atoms with Crippen LogP contribution in [0.1, 0.15) is 12.8 Å². The summed E-state index contributed by atoms with van der Waals surface area (Å²) in [5.41, 5.74) is 0. The van der Waals surface area contributed by atoms with E-state index in [0.29, 0.717) is 0 Å². The fourth-order valence-corrected chi connectivity index (χ4v) is 0.758. The van der Waals surface area contributed by atoms with Gasteiger partial charge in [0.15, 0.2) is 0 Å². The number of halogens is 10.